The first-order valence-electron chi connectivity index (χ1n) is 6.97. The second-order valence-electron chi connectivity index (χ2n) is 5.43. The molecule has 18 heavy (non-hydrogen) atoms. The predicted molar refractivity (Wildman–Crippen MR) is 67.4 cm³/mol. The molecule has 1 aromatic heterocycles. The molecular weight excluding hydrogens is 228 g/mol. The number of carbonyl (C=O) groups excluding carboxylic acids is 1. The van der Waals surface area contributed by atoms with Crippen LogP contribution in [-0.4, -0.2) is 28.8 Å². The number of ether oxygens (including phenoxy) is 1. The summed E-state index contributed by atoms with van der Waals surface area (Å²) in [4.78, 5) is 12.0. The molecule has 4 heteroatoms. The van der Waals surface area contributed by atoms with E-state index in [9.17, 15) is 4.79 Å². The van der Waals surface area contributed by atoms with Crippen molar-refractivity contribution in [3.63, 3.8) is 0 Å². The molecule has 2 heterocycles. The number of rotatable bonds is 4. The molecule has 2 fully saturated rings. The van der Waals surface area contributed by atoms with Crippen LogP contribution in [0, 0.1) is 5.92 Å². The standard InChI is InChI=1S/C14H20N2O2/c17-14(11-6-8-18-10-11)9-12-5-7-16(15-12)13-3-1-2-4-13/h5,7,11,13H,1-4,6,8-10H2. The lowest BCUT2D eigenvalue weighted by Gasteiger charge is -2.09. The molecule has 0 bridgehead atoms. The number of nitrogens with zero attached hydrogens (tertiary/aromatic N) is 2. The smallest absolute Gasteiger partial charge is 0.144 e. The highest BCUT2D eigenvalue weighted by Crippen LogP contribution is 2.28. The summed E-state index contributed by atoms with van der Waals surface area (Å²) in [5.74, 6) is 0.380. The van der Waals surface area contributed by atoms with Gasteiger partial charge in [0, 0.05) is 18.7 Å². The Labute approximate surface area is 107 Å². The first kappa shape index (κ1) is 11.9. The highest BCUT2D eigenvalue weighted by atomic mass is 16.5. The van der Waals surface area contributed by atoms with Gasteiger partial charge in [-0.05, 0) is 25.3 Å². The molecule has 1 aliphatic heterocycles. The molecule has 4 nitrogen and oxygen atoms in total. The van der Waals surface area contributed by atoms with E-state index in [-0.39, 0.29) is 11.7 Å². The van der Waals surface area contributed by atoms with Crippen molar-refractivity contribution in [1.29, 1.82) is 0 Å². The van der Waals surface area contributed by atoms with Crippen molar-refractivity contribution in [3.8, 4) is 0 Å². The summed E-state index contributed by atoms with van der Waals surface area (Å²) < 4.78 is 7.31. The molecule has 98 valence electrons. The zero-order valence-corrected chi connectivity index (χ0v) is 10.7. The Balaban J connectivity index is 1.60. The topological polar surface area (TPSA) is 44.1 Å². The summed E-state index contributed by atoms with van der Waals surface area (Å²) in [6.07, 6.45) is 8.44. The first-order chi connectivity index (χ1) is 8.83. The molecule has 0 radical (unpaired) electrons. The van der Waals surface area contributed by atoms with Crippen molar-refractivity contribution in [2.45, 2.75) is 44.6 Å². The average Bonchev–Trinajstić information content (AvgIpc) is 3.12. The lowest BCUT2D eigenvalue weighted by Crippen LogP contribution is -2.17. The molecule has 1 unspecified atom stereocenters. The Morgan fingerprint density at radius 3 is 2.94 bits per heavy atom. The van der Waals surface area contributed by atoms with Crippen LogP contribution in [0.15, 0.2) is 12.3 Å². The molecule has 1 saturated heterocycles. The van der Waals surface area contributed by atoms with Gasteiger partial charge in [-0.1, -0.05) is 12.8 Å². The maximum Gasteiger partial charge on any atom is 0.144 e. The fraction of sp³-hybridized carbons (Fsp3) is 0.714. The molecule has 1 aromatic rings. The zero-order chi connectivity index (χ0) is 12.4. The van der Waals surface area contributed by atoms with Crippen LogP contribution in [0.25, 0.3) is 0 Å². The van der Waals surface area contributed by atoms with Gasteiger partial charge >= 0.3 is 0 Å². The normalized spacial score (nSPS) is 24.8. The fourth-order valence-corrected chi connectivity index (χ4v) is 2.96. The maximum atomic E-state index is 12.0. The molecule has 0 aromatic carbocycles. The van der Waals surface area contributed by atoms with Crippen molar-refractivity contribution in [1.82, 2.24) is 9.78 Å². The van der Waals surface area contributed by atoms with E-state index in [0.29, 0.717) is 19.1 Å². The molecule has 1 aliphatic carbocycles. The van der Waals surface area contributed by atoms with Crippen LogP contribution in [0.3, 0.4) is 0 Å². The summed E-state index contributed by atoms with van der Waals surface area (Å²) in [5, 5.41) is 4.56. The summed E-state index contributed by atoms with van der Waals surface area (Å²) >= 11 is 0. The number of hydrogen-bond donors (Lipinski definition) is 0. The Morgan fingerprint density at radius 1 is 1.39 bits per heavy atom. The predicted octanol–water partition coefficient (Wildman–Crippen LogP) is 2.15. The molecule has 0 spiro atoms. The lowest BCUT2D eigenvalue weighted by molar-refractivity contribution is -0.122. The van der Waals surface area contributed by atoms with E-state index in [1.54, 1.807) is 0 Å². The summed E-state index contributed by atoms with van der Waals surface area (Å²) in [5.41, 5.74) is 0.916. The van der Waals surface area contributed by atoms with Crippen molar-refractivity contribution in [2.75, 3.05) is 13.2 Å². The monoisotopic (exact) mass is 248 g/mol. The zero-order valence-electron chi connectivity index (χ0n) is 10.7. The van der Waals surface area contributed by atoms with E-state index >= 15 is 0 Å². The lowest BCUT2D eigenvalue weighted by atomic mass is 10.00. The Morgan fingerprint density at radius 2 is 2.22 bits per heavy atom. The quantitative estimate of drug-likeness (QED) is 0.820. The van der Waals surface area contributed by atoms with Crippen molar-refractivity contribution < 1.29 is 9.53 Å². The molecule has 2 aliphatic rings. The third-order valence-electron chi connectivity index (χ3n) is 4.10. The van der Waals surface area contributed by atoms with Crippen LogP contribution in [0.5, 0.6) is 0 Å². The van der Waals surface area contributed by atoms with Crippen molar-refractivity contribution >= 4 is 5.78 Å². The Hall–Kier alpha value is -1.16. The molecule has 1 atom stereocenters. The van der Waals surface area contributed by atoms with Crippen LogP contribution < -0.4 is 0 Å². The molecule has 0 N–H and O–H groups in total. The summed E-state index contributed by atoms with van der Waals surface area (Å²) in [6.45, 7) is 1.33. The van der Waals surface area contributed by atoms with Gasteiger partial charge in [-0.25, -0.2) is 0 Å². The van der Waals surface area contributed by atoms with Crippen molar-refractivity contribution in [3.05, 3.63) is 18.0 Å². The van der Waals surface area contributed by atoms with E-state index in [1.807, 2.05) is 12.3 Å². The van der Waals surface area contributed by atoms with Gasteiger partial charge in [0.25, 0.3) is 0 Å². The van der Waals surface area contributed by atoms with Gasteiger partial charge in [-0.15, -0.1) is 0 Å². The highest BCUT2D eigenvalue weighted by molar-refractivity contribution is 5.83. The maximum absolute atomic E-state index is 12.0. The highest BCUT2D eigenvalue weighted by Gasteiger charge is 2.24. The summed E-state index contributed by atoms with van der Waals surface area (Å²) in [6, 6.07) is 2.55. The van der Waals surface area contributed by atoms with E-state index in [2.05, 4.69) is 9.78 Å². The van der Waals surface area contributed by atoms with Gasteiger partial charge in [-0.2, -0.15) is 5.10 Å². The fourth-order valence-electron chi connectivity index (χ4n) is 2.96. The minimum absolute atomic E-state index is 0.0987. The number of carbonyl (C=O) groups is 1. The Kier molecular flexibility index (Phi) is 3.46. The second kappa shape index (κ2) is 5.22. The SMILES string of the molecule is O=C(Cc1ccn(C2CCCC2)n1)C1CCOC1. The van der Waals surface area contributed by atoms with Gasteiger partial charge in [0.05, 0.1) is 24.8 Å². The second-order valence-corrected chi connectivity index (χ2v) is 5.43. The van der Waals surface area contributed by atoms with E-state index in [4.69, 9.17) is 4.74 Å². The van der Waals surface area contributed by atoms with Gasteiger partial charge in [0.15, 0.2) is 0 Å². The third-order valence-corrected chi connectivity index (χ3v) is 4.10. The van der Waals surface area contributed by atoms with E-state index < -0.39 is 0 Å². The van der Waals surface area contributed by atoms with Gasteiger partial charge in [0.2, 0.25) is 0 Å². The van der Waals surface area contributed by atoms with Gasteiger partial charge < -0.3 is 4.74 Å². The number of Topliss-reactive ketones (excluding diaryl/α,β-unsaturated/α-hetero) is 1. The first-order valence-corrected chi connectivity index (χ1v) is 6.97. The van der Waals surface area contributed by atoms with Crippen LogP contribution >= 0.6 is 0 Å². The van der Waals surface area contributed by atoms with E-state index in [0.717, 1.165) is 18.7 Å². The van der Waals surface area contributed by atoms with Crippen molar-refractivity contribution in [2.24, 2.45) is 5.92 Å². The minimum Gasteiger partial charge on any atom is -0.381 e. The number of aromatic nitrogens is 2. The third kappa shape index (κ3) is 2.48. The van der Waals surface area contributed by atoms with Gasteiger partial charge in [-0.3, -0.25) is 9.48 Å². The molecule has 1 saturated carbocycles. The molecule has 0 amide bonds. The van der Waals surface area contributed by atoms with E-state index in [1.165, 1.54) is 25.7 Å². The average molecular weight is 248 g/mol. The van der Waals surface area contributed by atoms with Crippen LogP contribution in [0.1, 0.15) is 43.8 Å². The Bertz CT molecular complexity index is 415. The largest absolute Gasteiger partial charge is 0.381 e. The van der Waals surface area contributed by atoms with Crippen LogP contribution in [0.4, 0.5) is 0 Å². The van der Waals surface area contributed by atoms with Gasteiger partial charge in [0.1, 0.15) is 5.78 Å². The number of ketones is 1. The van der Waals surface area contributed by atoms with Crippen LogP contribution in [-0.2, 0) is 16.0 Å². The number of hydrogen-bond acceptors (Lipinski definition) is 3. The summed E-state index contributed by atoms with van der Waals surface area (Å²) in [7, 11) is 0. The molecule has 3 rings (SSSR count). The van der Waals surface area contributed by atoms with Crippen LogP contribution in [0.2, 0.25) is 0 Å². The molecular formula is C14H20N2O2. The minimum atomic E-state index is 0.0987.